The van der Waals surface area contributed by atoms with Gasteiger partial charge in [-0.05, 0) is 111 Å². The molecule has 0 N–H and O–H groups in total. The molecule has 0 unspecified atom stereocenters. The van der Waals surface area contributed by atoms with E-state index in [1.54, 1.807) is 12.1 Å². The van der Waals surface area contributed by atoms with Crippen molar-refractivity contribution in [1.29, 1.82) is 0 Å². The smallest absolute Gasteiger partial charge is 0.330 e. The molecule has 0 aromatic heterocycles. The van der Waals surface area contributed by atoms with Crippen LogP contribution in [0.2, 0.25) is 5.02 Å². The van der Waals surface area contributed by atoms with Crippen LogP contribution in [-0.4, -0.2) is 29.7 Å². The van der Waals surface area contributed by atoms with Crippen LogP contribution in [0.1, 0.15) is 109 Å². The summed E-state index contributed by atoms with van der Waals surface area (Å²) in [5.74, 6) is 0.454. The number of carbonyl (C=O) groups is 3. The van der Waals surface area contributed by atoms with Crippen molar-refractivity contribution in [1.82, 2.24) is 0 Å². The molecule has 0 bridgehead atoms. The van der Waals surface area contributed by atoms with Crippen LogP contribution in [0.25, 0.3) is 0 Å². The summed E-state index contributed by atoms with van der Waals surface area (Å²) in [4.78, 5) is 36.7. The molecule has 0 fully saturated rings. The lowest BCUT2D eigenvalue weighted by atomic mass is 9.79. The first-order valence-electron chi connectivity index (χ1n) is 18.5. The molecule has 0 radical (unpaired) electrons. The standard InChI is InChI=1S/C47H57ClO6/c1-12-39(49)32-44(4,5)28-29-52-47(10,11)38-23-20-36(21-24-38)41(50)31-34-18-25-42(40(48)30-34)53-33(3)35-16-14-17-37(22-19-35)45(6,7)26-15-27-46(8,9)54-43(51)13-2/h12-14,16,18-25,30H,1-3,15,26-29,31-32H2,4-11H3. The third-order valence-corrected chi connectivity index (χ3v) is 10.0. The Hall–Kier alpha value is -4.48. The van der Waals surface area contributed by atoms with E-state index in [2.05, 4.69) is 53.2 Å². The molecule has 3 rings (SSSR count). The van der Waals surface area contributed by atoms with E-state index in [4.69, 9.17) is 25.8 Å². The predicted octanol–water partition coefficient (Wildman–Crippen LogP) is 11.8. The van der Waals surface area contributed by atoms with Crippen LogP contribution >= 0.6 is 11.6 Å². The number of ether oxygens (including phenoxy) is 3. The number of allylic oxidation sites excluding steroid dienone is 5. The van der Waals surface area contributed by atoms with E-state index in [1.807, 2.05) is 82.3 Å². The quantitative estimate of drug-likeness (QED) is 0.0415. The van der Waals surface area contributed by atoms with Crippen molar-refractivity contribution in [2.45, 2.75) is 105 Å². The highest BCUT2D eigenvalue weighted by Crippen LogP contribution is 2.36. The highest BCUT2D eigenvalue weighted by Gasteiger charge is 2.27. The number of hydrogen-bond donors (Lipinski definition) is 0. The lowest BCUT2D eigenvalue weighted by molar-refractivity contribution is -0.150. The second-order valence-electron chi connectivity index (χ2n) is 16.4. The van der Waals surface area contributed by atoms with Crippen LogP contribution in [-0.2, 0) is 31.1 Å². The summed E-state index contributed by atoms with van der Waals surface area (Å²) in [7, 11) is 0. The number of rotatable bonds is 21. The summed E-state index contributed by atoms with van der Waals surface area (Å²) >= 11 is 6.64. The van der Waals surface area contributed by atoms with E-state index in [1.165, 1.54) is 12.2 Å². The monoisotopic (exact) mass is 752 g/mol. The van der Waals surface area contributed by atoms with Crippen molar-refractivity contribution >= 4 is 29.1 Å². The van der Waals surface area contributed by atoms with Gasteiger partial charge in [-0.15, -0.1) is 5.73 Å². The largest absolute Gasteiger partial charge is 0.457 e. The number of Topliss-reactive ketones (excluding diaryl/α,β-unsaturated/α-hetero) is 1. The molecule has 2 aromatic carbocycles. The van der Waals surface area contributed by atoms with Gasteiger partial charge in [0.2, 0.25) is 0 Å². The van der Waals surface area contributed by atoms with Crippen molar-refractivity contribution in [3.8, 4) is 5.75 Å². The van der Waals surface area contributed by atoms with E-state index < -0.39 is 17.2 Å². The molecule has 0 aliphatic heterocycles. The zero-order valence-electron chi connectivity index (χ0n) is 33.4. The minimum Gasteiger partial charge on any atom is -0.457 e. The Bertz CT molecular complexity index is 1860. The molecule has 0 saturated heterocycles. The van der Waals surface area contributed by atoms with Gasteiger partial charge in [0.05, 0.1) is 10.6 Å². The van der Waals surface area contributed by atoms with E-state index >= 15 is 0 Å². The van der Waals surface area contributed by atoms with Gasteiger partial charge in [-0.2, -0.15) is 0 Å². The molecule has 1 aliphatic carbocycles. The maximum atomic E-state index is 13.2. The molecule has 0 saturated carbocycles. The Balaban J connectivity index is 1.55. The minimum atomic E-state index is -0.570. The van der Waals surface area contributed by atoms with Crippen LogP contribution < -0.4 is 4.74 Å². The average molecular weight is 753 g/mol. The molecular weight excluding hydrogens is 696 g/mol. The Labute approximate surface area is 328 Å². The molecule has 1 aliphatic rings. The molecule has 0 heterocycles. The van der Waals surface area contributed by atoms with Crippen molar-refractivity contribution in [2.75, 3.05) is 6.61 Å². The van der Waals surface area contributed by atoms with Crippen LogP contribution in [0.3, 0.4) is 0 Å². The molecule has 288 valence electrons. The van der Waals surface area contributed by atoms with Gasteiger partial charge in [0.25, 0.3) is 0 Å². The average Bonchev–Trinajstić information content (AvgIpc) is 3.36. The van der Waals surface area contributed by atoms with Gasteiger partial charge in [0, 0.05) is 36.7 Å². The number of halogens is 1. The van der Waals surface area contributed by atoms with Crippen LogP contribution in [0.5, 0.6) is 5.75 Å². The van der Waals surface area contributed by atoms with E-state index in [0.29, 0.717) is 35.1 Å². The number of hydrogen-bond acceptors (Lipinski definition) is 6. The second-order valence-corrected chi connectivity index (χ2v) is 16.8. The number of esters is 1. The zero-order chi connectivity index (χ0) is 40.3. The first-order chi connectivity index (χ1) is 25.2. The lowest BCUT2D eigenvalue weighted by Crippen LogP contribution is -2.27. The first kappa shape index (κ1) is 43.9. The van der Waals surface area contributed by atoms with Gasteiger partial charge in [0.1, 0.15) is 17.1 Å². The number of ketones is 2. The maximum Gasteiger partial charge on any atom is 0.330 e. The molecule has 6 nitrogen and oxygen atoms in total. The Morgan fingerprint density at radius 1 is 0.870 bits per heavy atom. The molecule has 2 aromatic rings. The molecule has 0 amide bonds. The number of carbonyl (C=O) groups excluding carboxylic acids is 3. The van der Waals surface area contributed by atoms with E-state index in [0.717, 1.165) is 48.0 Å². The first-order valence-corrected chi connectivity index (χ1v) is 18.8. The molecule has 7 heteroatoms. The SMILES string of the molecule is C=CC(=O)CC(C)(C)CCOC(C)(C)c1ccc(C(=O)Cc2ccc(OC(=C)C3=CC=C=C(C(C)(C)CCCC(C)(C)OC(=O)C=C)C=C3)c(Cl)c2)cc1. The zero-order valence-corrected chi connectivity index (χ0v) is 34.2. The predicted molar refractivity (Wildman–Crippen MR) is 220 cm³/mol. The Morgan fingerprint density at radius 3 is 2.19 bits per heavy atom. The van der Waals surface area contributed by atoms with Crippen LogP contribution in [0.4, 0.5) is 0 Å². The lowest BCUT2D eigenvalue weighted by Gasteiger charge is -2.29. The summed E-state index contributed by atoms with van der Waals surface area (Å²) in [6, 6.07) is 12.8. The summed E-state index contributed by atoms with van der Waals surface area (Å²) in [6.07, 6.45) is 14.1. The maximum absolute atomic E-state index is 13.2. The van der Waals surface area contributed by atoms with Crippen LogP contribution in [0.15, 0.2) is 121 Å². The van der Waals surface area contributed by atoms with Gasteiger partial charge in [-0.1, -0.05) is 102 Å². The highest BCUT2D eigenvalue weighted by molar-refractivity contribution is 6.32. The third kappa shape index (κ3) is 13.4. The Kier molecular flexibility index (Phi) is 15.2. The van der Waals surface area contributed by atoms with Crippen molar-refractivity contribution < 1.29 is 28.6 Å². The minimum absolute atomic E-state index is 0.0315. The van der Waals surface area contributed by atoms with Crippen molar-refractivity contribution in [3.63, 3.8) is 0 Å². The summed E-state index contributed by atoms with van der Waals surface area (Å²) in [5, 5.41) is 0.378. The van der Waals surface area contributed by atoms with E-state index in [9.17, 15) is 14.4 Å². The number of benzene rings is 2. The van der Waals surface area contributed by atoms with Gasteiger partial charge < -0.3 is 14.2 Å². The summed E-state index contributed by atoms with van der Waals surface area (Å²) in [5.41, 5.74) is 6.04. The summed E-state index contributed by atoms with van der Waals surface area (Å²) in [6.45, 7) is 28.0. The molecule has 0 atom stereocenters. The van der Waals surface area contributed by atoms with Gasteiger partial charge in [-0.3, -0.25) is 9.59 Å². The third-order valence-electron chi connectivity index (χ3n) is 9.72. The fourth-order valence-electron chi connectivity index (χ4n) is 6.13. The second kappa shape index (κ2) is 18.7. The topological polar surface area (TPSA) is 78.9 Å². The molecule has 54 heavy (non-hydrogen) atoms. The molecular formula is C47H57ClO6. The van der Waals surface area contributed by atoms with Crippen molar-refractivity contribution in [3.05, 3.63) is 143 Å². The summed E-state index contributed by atoms with van der Waals surface area (Å²) < 4.78 is 17.8. The van der Waals surface area contributed by atoms with E-state index in [-0.39, 0.29) is 28.8 Å². The van der Waals surface area contributed by atoms with Crippen LogP contribution in [0, 0.1) is 10.8 Å². The normalized spacial score (nSPS) is 13.4. The van der Waals surface area contributed by atoms with Gasteiger partial charge in [-0.25, -0.2) is 4.79 Å². The van der Waals surface area contributed by atoms with Gasteiger partial charge >= 0.3 is 5.97 Å². The van der Waals surface area contributed by atoms with Crippen molar-refractivity contribution in [2.24, 2.45) is 10.8 Å². The highest BCUT2D eigenvalue weighted by atomic mass is 35.5. The Morgan fingerprint density at radius 2 is 1.56 bits per heavy atom. The van der Waals surface area contributed by atoms with Gasteiger partial charge in [0.15, 0.2) is 11.6 Å². The fraction of sp³-hybridized carbons (Fsp3) is 0.404. The fourth-order valence-corrected chi connectivity index (χ4v) is 6.37. The molecule has 0 spiro atoms.